The van der Waals surface area contributed by atoms with Gasteiger partial charge < -0.3 is 24.6 Å². The van der Waals surface area contributed by atoms with Crippen LogP contribution in [-0.4, -0.2) is 36.6 Å². The van der Waals surface area contributed by atoms with Crippen LogP contribution in [0.2, 0.25) is 0 Å². The van der Waals surface area contributed by atoms with E-state index < -0.39 is 6.10 Å². The monoisotopic (exact) mass is 379 g/mol. The first-order valence-electron chi connectivity index (χ1n) is 7.28. The Hall–Kier alpha value is -2.36. The Kier molecular flexibility index (Phi) is 5.37. The summed E-state index contributed by atoms with van der Waals surface area (Å²) in [6.45, 7) is 0. The first kappa shape index (κ1) is 17.5. The van der Waals surface area contributed by atoms with E-state index in [-0.39, 0.29) is 0 Å². The highest BCUT2D eigenvalue weighted by Crippen LogP contribution is 2.41. The van der Waals surface area contributed by atoms with E-state index in [2.05, 4.69) is 15.5 Å². The van der Waals surface area contributed by atoms with E-state index in [1.807, 2.05) is 17.5 Å². The zero-order valence-corrected chi connectivity index (χ0v) is 15.5. The molecule has 0 aliphatic carbocycles. The van der Waals surface area contributed by atoms with Crippen molar-refractivity contribution in [1.82, 2.24) is 10.2 Å². The van der Waals surface area contributed by atoms with Gasteiger partial charge in [0.2, 0.25) is 10.9 Å². The molecule has 1 unspecified atom stereocenters. The van der Waals surface area contributed by atoms with Crippen LogP contribution < -0.4 is 19.5 Å². The first-order valence-corrected chi connectivity index (χ1v) is 8.97. The third-order valence-electron chi connectivity index (χ3n) is 3.40. The molecule has 0 bridgehead atoms. The minimum absolute atomic E-state index is 0.515. The van der Waals surface area contributed by atoms with Gasteiger partial charge in [-0.3, -0.25) is 0 Å². The molecule has 1 atom stereocenters. The summed E-state index contributed by atoms with van der Waals surface area (Å²) >= 11 is 2.76. The smallest absolute Gasteiger partial charge is 0.210 e. The standard InChI is InChI=1S/C16H17N3O4S2/c1-21-10-7-9(8-11(22-2)14(10)23-3)17-16-19-18-15(25-16)13(20)12-5-4-6-24-12/h4-8,13,20H,1-3H3,(H,17,19). The lowest BCUT2D eigenvalue weighted by Crippen LogP contribution is -1.97. The zero-order valence-electron chi connectivity index (χ0n) is 13.8. The zero-order chi connectivity index (χ0) is 17.8. The number of rotatable bonds is 7. The lowest BCUT2D eigenvalue weighted by Gasteiger charge is -2.14. The SMILES string of the molecule is COc1cc(Nc2nnc(C(O)c3cccs3)s2)cc(OC)c1OC. The van der Waals surface area contributed by atoms with Gasteiger partial charge in [-0.1, -0.05) is 17.4 Å². The number of benzene rings is 1. The first-order chi connectivity index (χ1) is 12.2. The van der Waals surface area contributed by atoms with Gasteiger partial charge in [0.25, 0.3) is 0 Å². The molecule has 7 nitrogen and oxygen atoms in total. The Morgan fingerprint density at radius 1 is 1.08 bits per heavy atom. The van der Waals surface area contributed by atoms with Crippen molar-refractivity contribution < 1.29 is 19.3 Å². The molecule has 132 valence electrons. The highest BCUT2D eigenvalue weighted by Gasteiger charge is 2.18. The number of aliphatic hydroxyl groups is 1. The Balaban J connectivity index is 1.83. The number of methoxy groups -OCH3 is 3. The second-order valence-corrected chi connectivity index (χ2v) is 6.89. The summed E-state index contributed by atoms with van der Waals surface area (Å²) in [6, 6.07) is 7.30. The number of hydrogen-bond donors (Lipinski definition) is 2. The summed E-state index contributed by atoms with van der Waals surface area (Å²) < 4.78 is 16.0. The molecule has 0 saturated heterocycles. The average molecular weight is 379 g/mol. The summed E-state index contributed by atoms with van der Waals surface area (Å²) in [5.74, 6) is 1.59. The molecule has 3 rings (SSSR count). The fraction of sp³-hybridized carbons (Fsp3) is 0.250. The Labute approximate surface area is 152 Å². The fourth-order valence-corrected chi connectivity index (χ4v) is 3.80. The summed E-state index contributed by atoms with van der Waals surface area (Å²) in [5.41, 5.74) is 0.711. The van der Waals surface area contributed by atoms with Crippen LogP contribution in [0.15, 0.2) is 29.6 Å². The van der Waals surface area contributed by atoms with Crippen molar-refractivity contribution in [3.63, 3.8) is 0 Å². The van der Waals surface area contributed by atoms with Gasteiger partial charge in [0.1, 0.15) is 6.10 Å². The van der Waals surface area contributed by atoms with Crippen LogP contribution >= 0.6 is 22.7 Å². The predicted molar refractivity (Wildman–Crippen MR) is 97.7 cm³/mol. The maximum absolute atomic E-state index is 10.3. The van der Waals surface area contributed by atoms with Crippen molar-refractivity contribution in [2.24, 2.45) is 0 Å². The summed E-state index contributed by atoms with van der Waals surface area (Å²) in [4.78, 5) is 0.829. The van der Waals surface area contributed by atoms with Crippen molar-refractivity contribution in [1.29, 1.82) is 0 Å². The highest BCUT2D eigenvalue weighted by molar-refractivity contribution is 7.15. The molecule has 9 heteroatoms. The molecule has 0 fully saturated rings. The molecular weight excluding hydrogens is 362 g/mol. The van der Waals surface area contributed by atoms with Crippen LogP contribution in [0.25, 0.3) is 0 Å². The second-order valence-electron chi connectivity index (χ2n) is 4.90. The number of aromatic nitrogens is 2. The molecule has 1 aromatic carbocycles. The predicted octanol–water partition coefficient (Wildman–Crippen LogP) is 3.45. The van der Waals surface area contributed by atoms with Crippen molar-refractivity contribution in [3.05, 3.63) is 39.5 Å². The van der Waals surface area contributed by atoms with Crippen LogP contribution in [0, 0.1) is 0 Å². The van der Waals surface area contributed by atoms with Crippen molar-refractivity contribution in [3.8, 4) is 17.2 Å². The van der Waals surface area contributed by atoms with Gasteiger partial charge in [-0.05, 0) is 11.4 Å². The number of nitrogens with zero attached hydrogens (tertiary/aromatic N) is 2. The molecular formula is C16H17N3O4S2. The molecule has 0 aliphatic heterocycles. The van der Waals surface area contributed by atoms with E-state index in [0.29, 0.717) is 33.1 Å². The van der Waals surface area contributed by atoms with Gasteiger partial charge in [-0.15, -0.1) is 21.5 Å². The van der Waals surface area contributed by atoms with E-state index >= 15 is 0 Å². The highest BCUT2D eigenvalue weighted by atomic mass is 32.1. The summed E-state index contributed by atoms with van der Waals surface area (Å²) in [6.07, 6.45) is -0.770. The molecule has 0 saturated carbocycles. The average Bonchev–Trinajstić information content (AvgIpc) is 3.32. The molecule has 0 spiro atoms. The number of anilines is 2. The van der Waals surface area contributed by atoms with Gasteiger partial charge >= 0.3 is 0 Å². The summed E-state index contributed by atoms with van der Waals surface area (Å²) in [7, 11) is 4.67. The van der Waals surface area contributed by atoms with Gasteiger partial charge in [0, 0.05) is 22.7 Å². The normalized spacial score (nSPS) is 11.8. The Morgan fingerprint density at radius 3 is 2.36 bits per heavy atom. The molecule has 2 aromatic heterocycles. The third kappa shape index (κ3) is 3.68. The lowest BCUT2D eigenvalue weighted by molar-refractivity contribution is 0.222. The van der Waals surface area contributed by atoms with Gasteiger partial charge in [-0.25, -0.2) is 0 Å². The van der Waals surface area contributed by atoms with Crippen molar-refractivity contribution in [2.75, 3.05) is 26.6 Å². The number of nitrogens with one attached hydrogen (secondary N) is 1. The Bertz CT molecular complexity index is 811. The number of ether oxygens (including phenoxy) is 3. The van der Waals surface area contributed by atoms with Crippen LogP contribution in [0.3, 0.4) is 0 Å². The van der Waals surface area contributed by atoms with Gasteiger partial charge in [0.15, 0.2) is 16.5 Å². The minimum Gasteiger partial charge on any atom is -0.493 e. The minimum atomic E-state index is -0.770. The Morgan fingerprint density at radius 2 is 1.80 bits per heavy atom. The van der Waals surface area contributed by atoms with Gasteiger partial charge in [-0.2, -0.15) is 0 Å². The molecule has 0 amide bonds. The van der Waals surface area contributed by atoms with E-state index in [9.17, 15) is 5.11 Å². The van der Waals surface area contributed by atoms with E-state index in [1.54, 1.807) is 33.5 Å². The maximum Gasteiger partial charge on any atom is 0.210 e. The fourth-order valence-electron chi connectivity index (χ4n) is 2.24. The molecule has 25 heavy (non-hydrogen) atoms. The maximum atomic E-state index is 10.3. The van der Waals surface area contributed by atoms with Crippen molar-refractivity contribution >= 4 is 33.5 Å². The summed E-state index contributed by atoms with van der Waals surface area (Å²) in [5, 5.41) is 24.6. The molecule has 2 heterocycles. The van der Waals surface area contributed by atoms with Crippen molar-refractivity contribution in [2.45, 2.75) is 6.10 Å². The third-order valence-corrected chi connectivity index (χ3v) is 5.22. The number of hydrogen-bond acceptors (Lipinski definition) is 9. The number of aliphatic hydroxyl groups excluding tert-OH is 1. The molecule has 3 aromatic rings. The molecule has 0 radical (unpaired) electrons. The van der Waals surface area contributed by atoms with E-state index in [4.69, 9.17) is 14.2 Å². The quantitative estimate of drug-likeness (QED) is 0.650. The largest absolute Gasteiger partial charge is 0.493 e. The topological polar surface area (TPSA) is 85.7 Å². The van der Waals surface area contributed by atoms with Gasteiger partial charge in [0.05, 0.1) is 21.3 Å². The van der Waals surface area contributed by atoms with Crippen LogP contribution in [-0.2, 0) is 0 Å². The van der Waals surface area contributed by atoms with E-state index in [1.165, 1.54) is 22.7 Å². The van der Waals surface area contributed by atoms with Crippen LogP contribution in [0.4, 0.5) is 10.8 Å². The second kappa shape index (κ2) is 7.68. The number of thiophene rings is 1. The van der Waals surface area contributed by atoms with E-state index in [0.717, 1.165) is 4.88 Å². The molecule has 2 N–H and O–H groups in total. The lowest BCUT2D eigenvalue weighted by atomic mass is 10.2. The van der Waals surface area contributed by atoms with Crippen LogP contribution in [0.1, 0.15) is 16.0 Å². The van der Waals surface area contributed by atoms with Crippen LogP contribution in [0.5, 0.6) is 17.2 Å². The molecule has 0 aliphatic rings.